The van der Waals surface area contributed by atoms with Gasteiger partial charge in [-0.15, -0.1) is 21.5 Å². The van der Waals surface area contributed by atoms with Gasteiger partial charge in [0, 0.05) is 12.3 Å². The van der Waals surface area contributed by atoms with Crippen LogP contribution in [0.4, 0.5) is 0 Å². The molecule has 0 saturated heterocycles. The molecule has 0 aromatic carbocycles. The van der Waals surface area contributed by atoms with Crippen LogP contribution in [0, 0.1) is 0 Å². The molecule has 0 fully saturated rings. The molecule has 0 radical (unpaired) electrons. The number of aromatic nitrogens is 3. The van der Waals surface area contributed by atoms with E-state index in [2.05, 4.69) is 15.2 Å². The number of ether oxygens (including phenoxy) is 1. The summed E-state index contributed by atoms with van der Waals surface area (Å²) in [6, 6.07) is 3.51. The molecule has 0 unspecified atom stereocenters. The lowest BCUT2D eigenvalue weighted by Crippen LogP contribution is -1.91. The fourth-order valence-corrected chi connectivity index (χ4v) is 1.78. The summed E-state index contributed by atoms with van der Waals surface area (Å²) < 4.78 is 4.90. The number of hydrogen-bond acceptors (Lipinski definition) is 6. The maximum Gasteiger partial charge on any atom is 0.233 e. The second-order valence-electron chi connectivity index (χ2n) is 2.75. The summed E-state index contributed by atoms with van der Waals surface area (Å²) >= 11 is 1.40. The Balaban J connectivity index is 2.28. The molecule has 2 aromatic rings. The molecule has 0 spiro atoms. The van der Waals surface area contributed by atoms with Gasteiger partial charge in [0.15, 0.2) is 0 Å². The SMILES string of the molecule is COc1ccc(-c2ncc(CO)s2)nn1. The molecule has 2 rings (SSSR count). The van der Waals surface area contributed by atoms with Gasteiger partial charge >= 0.3 is 0 Å². The highest BCUT2D eigenvalue weighted by Crippen LogP contribution is 2.23. The molecule has 0 aliphatic rings. The third-order valence-corrected chi connectivity index (χ3v) is 2.78. The normalized spacial score (nSPS) is 10.3. The van der Waals surface area contributed by atoms with Gasteiger partial charge in [-0.1, -0.05) is 0 Å². The average Bonchev–Trinajstić information content (AvgIpc) is 2.78. The Hall–Kier alpha value is -1.53. The van der Waals surface area contributed by atoms with Crippen LogP contribution in [0.3, 0.4) is 0 Å². The van der Waals surface area contributed by atoms with E-state index in [9.17, 15) is 0 Å². The molecule has 5 nitrogen and oxygen atoms in total. The third kappa shape index (κ3) is 2.11. The van der Waals surface area contributed by atoms with Crippen LogP contribution >= 0.6 is 11.3 Å². The smallest absolute Gasteiger partial charge is 0.233 e. The Morgan fingerprint density at radius 2 is 2.27 bits per heavy atom. The minimum absolute atomic E-state index is 0.00124. The van der Waals surface area contributed by atoms with E-state index in [0.717, 1.165) is 9.88 Å². The molecular formula is C9H9N3O2S. The molecule has 2 aromatic heterocycles. The number of nitrogens with zero attached hydrogens (tertiary/aromatic N) is 3. The summed E-state index contributed by atoms with van der Waals surface area (Å²) in [6.07, 6.45) is 1.63. The van der Waals surface area contributed by atoms with Crippen molar-refractivity contribution in [2.75, 3.05) is 7.11 Å². The zero-order valence-corrected chi connectivity index (χ0v) is 8.86. The van der Waals surface area contributed by atoms with Crippen LogP contribution in [0.25, 0.3) is 10.7 Å². The van der Waals surface area contributed by atoms with Crippen molar-refractivity contribution in [3.8, 4) is 16.6 Å². The average molecular weight is 223 g/mol. The maximum atomic E-state index is 8.89. The lowest BCUT2D eigenvalue weighted by atomic mass is 10.4. The Kier molecular flexibility index (Phi) is 2.89. The van der Waals surface area contributed by atoms with E-state index in [0.29, 0.717) is 11.6 Å². The number of aliphatic hydroxyl groups is 1. The molecule has 1 N–H and O–H groups in total. The van der Waals surface area contributed by atoms with Crippen molar-refractivity contribution in [3.63, 3.8) is 0 Å². The van der Waals surface area contributed by atoms with Crippen molar-refractivity contribution >= 4 is 11.3 Å². The highest BCUT2D eigenvalue weighted by atomic mass is 32.1. The molecule has 0 atom stereocenters. The maximum absolute atomic E-state index is 8.89. The van der Waals surface area contributed by atoms with Gasteiger partial charge in [-0.3, -0.25) is 0 Å². The van der Waals surface area contributed by atoms with Crippen molar-refractivity contribution in [2.45, 2.75) is 6.61 Å². The lowest BCUT2D eigenvalue weighted by Gasteiger charge is -1.97. The van der Waals surface area contributed by atoms with Gasteiger partial charge in [0.1, 0.15) is 10.7 Å². The van der Waals surface area contributed by atoms with Crippen molar-refractivity contribution in [2.24, 2.45) is 0 Å². The first-order chi connectivity index (χ1) is 7.33. The second-order valence-corrected chi connectivity index (χ2v) is 3.87. The van der Waals surface area contributed by atoms with E-state index in [1.807, 2.05) is 0 Å². The molecule has 0 aliphatic carbocycles. The molecule has 2 heterocycles. The van der Waals surface area contributed by atoms with Gasteiger partial charge in [0.2, 0.25) is 5.88 Å². The Morgan fingerprint density at radius 1 is 1.40 bits per heavy atom. The Morgan fingerprint density at radius 3 is 2.80 bits per heavy atom. The molecule has 78 valence electrons. The van der Waals surface area contributed by atoms with Crippen molar-refractivity contribution in [3.05, 3.63) is 23.2 Å². The van der Waals surface area contributed by atoms with E-state index in [4.69, 9.17) is 9.84 Å². The highest BCUT2D eigenvalue weighted by Gasteiger charge is 2.06. The summed E-state index contributed by atoms with van der Waals surface area (Å²) in [5.74, 6) is 0.470. The highest BCUT2D eigenvalue weighted by molar-refractivity contribution is 7.14. The standard InChI is InChI=1S/C9H9N3O2S/c1-14-8-3-2-7(11-12-8)9-10-4-6(5-13)15-9/h2-4,13H,5H2,1H3. The van der Waals surface area contributed by atoms with Gasteiger partial charge in [-0.05, 0) is 6.07 Å². The predicted octanol–water partition coefficient (Wildman–Crippen LogP) is 1.10. The molecule has 15 heavy (non-hydrogen) atoms. The number of thiazole rings is 1. The van der Waals surface area contributed by atoms with Gasteiger partial charge in [0.25, 0.3) is 0 Å². The third-order valence-electron chi connectivity index (χ3n) is 1.78. The van der Waals surface area contributed by atoms with Crippen LogP contribution in [0.1, 0.15) is 4.88 Å². The predicted molar refractivity (Wildman–Crippen MR) is 55.6 cm³/mol. The number of methoxy groups -OCH3 is 1. The second kappa shape index (κ2) is 4.33. The van der Waals surface area contributed by atoms with E-state index >= 15 is 0 Å². The van der Waals surface area contributed by atoms with E-state index in [1.165, 1.54) is 18.4 Å². The van der Waals surface area contributed by atoms with Crippen LogP contribution in [0.5, 0.6) is 5.88 Å². The van der Waals surface area contributed by atoms with Crippen LogP contribution in [0.2, 0.25) is 0 Å². The first kappa shape index (κ1) is 10.0. The van der Waals surface area contributed by atoms with Crippen LogP contribution in [-0.4, -0.2) is 27.4 Å². The monoisotopic (exact) mass is 223 g/mol. The summed E-state index contributed by atoms with van der Waals surface area (Å²) in [5.41, 5.74) is 0.681. The molecule has 0 saturated carbocycles. The summed E-state index contributed by atoms with van der Waals surface area (Å²) in [7, 11) is 1.54. The molecule has 0 amide bonds. The fourth-order valence-electron chi connectivity index (χ4n) is 1.04. The zero-order chi connectivity index (χ0) is 10.7. The topological polar surface area (TPSA) is 68.1 Å². The largest absolute Gasteiger partial charge is 0.480 e. The number of aliphatic hydroxyl groups excluding tert-OH is 1. The van der Waals surface area contributed by atoms with Gasteiger partial charge in [-0.25, -0.2) is 4.98 Å². The van der Waals surface area contributed by atoms with Crippen molar-refractivity contribution in [1.82, 2.24) is 15.2 Å². The molecule has 6 heteroatoms. The molecular weight excluding hydrogens is 214 g/mol. The van der Waals surface area contributed by atoms with Gasteiger partial charge in [-0.2, -0.15) is 0 Å². The first-order valence-electron chi connectivity index (χ1n) is 4.27. The van der Waals surface area contributed by atoms with Gasteiger partial charge < -0.3 is 9.84 Å². The quantitative estimate of drug-likeness (QED) is 0.843. The van der Waals surface area contributed by atoms with E-state index in [-0.39, 0.29) is 6.61 Å². The van der Waals surface area contributed by atoms with Crippen LogP contribution in [-0.2, 0) is 6.61 Å². The summed E-state index contributed by atoms with van der Waals surface area (Å²) in [4.78, 5) is 4.94. The summed E-state index contributed by atoms with van der Waals surface area (Å²) in [5, 5.41) is 17.4. The Bertz CT molecular complexity index is 441. The van der Waals surface area contributed by atoms with E-state index < -0.39 is 0 Å². The summed E-state index contributed by atoms with van der Waals surface area (Å²) in [6.45, 7) is 0.00124. The number of hydrogen-bond donors (Lipinski definition) is 1. The minimum Gasteiger partial charge on any atom is -0.480 e. The number of rotatable bonds is 3. The van der Waals surface area contributed by atoms with Crippen LogP contribution < -0.4 is 4.74 Å². The van der Waals surface area contributed by atoms with Crippen LogP contribution in [0.15, 0.2) is 18.3 Å². The zero-order valence-electron chi connectivity index (χ0n) is 8.04. The first-order valence-corrected chi connectivity index (χ1v) is 5.09. The fraction of sp³-hybridized carbons (Fsp3) is 0.222. The van der Waals surface area contributed by atoms with Crippen molar-refractivity contribution < 1.29 is 9.84 Å². The molecule has 0 aliphatic heterocycles. The Labute approximate surface area is 90.4 Å². The minimum atomic E-state index is 0.00124. The van der Waals surface area contributed by atoms with E-state index in [1.54, 1.807) is 18.3 Å². The van der Waals surface area contributed by atoms with Crippen molar-refractivity contribution in [1.29, 1.82) is 0 Å². The van der Waals surface area contributed by atoms with Gasteiger partial charge in [0.05, 0.1) is 18.6 Å². The lowest BCUT2D eigenvalue weighted by molar-refractivity contribution is 0.285. The molecule has 0 bridgehead atoms.